The molecule has 0 saturated carbocycles. The highest BCUT2D eigenvalue weighted by Gasteiger charge is 2.15. The van der Waals surface area contributed by atoms with Gasteiger partial charge in [0.25, 0.3) is 0 Å². The van der Waals surface area contributed by atoms with Gasteiger partial charge in [-0.2, -0.15) is 0 Å². The Labute approximate surface area is 142 Å². The summed E-state index contributed by atoms with van der Waals surface area (Å²) in [7, 11) is 0. The molecule has 0 unspecified atom stereocenters. The molecule has 0 atom stereocenters. The number of aromatic nitrogens is 2. The minimum Gasteiger partial charge on any atom is -0.379 e. The van der Waals surface area contributed by atoms with Crippen molar-refractivity contribution in [2.75, 3.05) is 32.8 Å². The molecule has 122 valence electrons. The number of carbonyl (C=O) groups excluding carboxylic acids is 1. The molecule has 0 spiro atoms. The van der Waals surface area contributed by atoms with Gasteiger partial charge < -0.3 is 10.1 Å². The third-order valence-corrected chi connectivity index (χ3v) is 4.22. The van der Waals surface area contributed by atoms with E-state index in [1.165, 1.54) is 0 Å². The van der Waals surface area contributed by atoms with Gasteiger partial charge in [0.15, 0.2) is 5.84 Å². The summed E-state index contributed by atoms with van der Waals surface area (Å²) in [6, 6.07) is 3.73. The van der Waals surface area contributed by atoms with Gasteiger partial charge in [0, 0.05) is 36.7 Å². The van der Waals surface area contributed by atoms with Gasteiger partial charge in [-0.3, -0.25) is 19.5 Å². The van der Waals surface area contributed by atoms with E-state index in [0.717, 1.165) is 23.2 Å². The lowest BCUT2D eigenvalue weighted by molar-refractivity contribution is -0.120. The second kappa shape index (κ2) is 7.20. The molecule has 7 nitrogen and oxygen atoms in total. The Kier molecular flexibility index (Phi) is 5.04. The zero-order chi connectivity index (χ0) is 16.2. The van der Waals surface area contributed by atoms with Crippen molar-refractivity contribution in [2.45, 2.75) is 6.42 Å². The van der Waals surface area contributed by atoms with Crippen molar-refractivity contribution >= 4 is 33.3 Å². The summed E-state index contributed by atoms with van der Waals surface area (Å²) < 4.78 is 7.94. The van der Waals surface area contributed by atoms with E-state index in [9.17, 15) is 4.79 Å². The van der Waals surface area contributed by atoms with Gasteiger partial charge in [-0.1, -0.05) is 0 Å². The standard InChI is InChI=1S/C15H18BrN5O2/c16-11-1-2-13-18-9-12(21(13)10-11)15(17)19-14(22)3-4-20-5-7-23-8-6-20/h1-2,9-10H,3-8H2,(H2,17,19,22). The first-order chi connectivity index (χ1) is 11.1. The number of carbonyl (C=O) groups is 1. The van der Waals surface area contributed by atoms with Crippen LogP contribution < -0.4 is 5.32 Å². The molecule has 1 aliphatic heterocycles. The van der Waals surface area contributed by atoms with Crippen molar-refractivity contribution < 1.29 is 9.53 Å². The summed E-state index contributed by atoms with van der Waals surface area (Å²) in [6.07, 6.45) is 3.78. The van der Waals surface area contributed by atoms with Gasteiger partial charge in [0.1, 0.15) is 11.3 Å². The number of hydrogen-bond donors (Lipinski definition) is 2. The molecule has 0 radical (unpaired) electrons. The Morgan fingerprint density at radius 1 is 1.39 bits per heavy atom. The Hall–Kier alpha value is -1.77. The van der Waals surface area contributed by atoms with Crippen LogP contribution in [-0.4, -0.2) is 58.9 Å². The monoisotopic (exact) mass is 379 g/mol. The van der Waals surface area contributed by atoms with Gasteiger partial charge >= 0.3 is 0 Å². The summed E-state index contributed by atoms with van der Waals surface area (Å²) >= 11 is 3.40. The summed E-state index contributed by atoms with van der Waals surface area (Å²) in [5, 5.41) is 10.8. The van der Waals surface area contributed by atoms with Crippen molar-refractivity contribution in [1.82, 2.24) is 19.6 Å². The van der Waals surface area contributed by atoms with Gasteiger partial charge in [0.2, 0.25) is 5.91 Å². The number of imidazole rings is 1. The molecule has 8 heteroatoms. The maximum atomic E-state index is 12.0. The van der Waals surface area contributed by atoms with Gasteiger partial charge in [-0.05, 0) is 28.1 Å². The predicted octanol–water partition coefficient (Wildman–Crippen LogP) is 1.26. The largest absolute Gasteiger partial charge is 0.379 e. The number of hydrogen-bond acceptors (Lipinski definition) is 5. The lowest BCUT2D eigenvalue weighted by atomic mass is 10.3. The third-order valence-electron chi connectivity index (χ3n) is 3.75. The maximum Gasteiger partial charge on any atom is 0.226 e. The molecule has 1 aliphatic rings. The fourth-order valence-corrected chi connectivity index (χ4v) is 2.83. The normalized spacial score (nSPS) is 15.7. The maximum absolute atomic E-state index is 12.0. The van der Waals surface area contributed by atoms with Crippen LogP contribution in [0, 0.1) is 5.41 Å². The summed E-state index contributed by atoms with van der Waals surface area (Å²) in [5.74, 6) is -0.103. The summed E-state index contributed by atoms with van der Waals surface area (Å²) in [4.78, 5) is 18.5. The van der Waals surface area contributed by atoms with Crippen LogP contribution in [0.1, 0.15) is 12.1 Å². The number of amidine groups is 1. The first kappa shape index (κ1) is 16.1. The summed E-state index contributed by atoms with van der Waals surface area (Å²) in [5.41, 5.74) is 1.29. The quantitative estimate of drug-likeness (QED) is 0.618. The highest BCUT2D eigenvalue weighted by atomic mass is 79.9. The molecule has 0 bridgehead atoms. The average Bonchev–Trinajstić information content (AvgIpc) is 2.97. The topological polar surface area (TPSA) is 82.7 Å². The molecule has 0 aliphatic carbocycles. The molecule has 2 aromatic heterocycles. The van der Waals surface area contributed by atoms with Crippen molar-refractivity contribution in [3.8, 4) is 0 Å². The molecule has 3 heterocycles. The molecule has 0 aromatic carbocycles. The number of amides is 1. The Morgan fingerprint density at radius 3 is 2.96 bits per heavy atom. The minimum absolute atomic E-state index is 0.0579. The van der Waals surface area contributed by atoms with Crippen molar-refractivity contribution in [3.63, 3.8) is 0 Å². The van der Waals surface area contributed by atoms with Gasteiger partial charge in [-0.15, -0.1) is 0 Å². The van der Waals surface area contributed by atoms with E-state index in [4.69, 9.17) is 10.1 Å². The zero-order valence-electron chi connectivity index (χ0n) is 12.6. The molecule has 1 amide bonds. The van der Waals surface area contributed by atoms with E-state index >= 15 is 0 Å². The van der Waals surface area contributed by atoms with Crippen LogP contribution in [0.3, 0.4) is 0 Å². The van der Waals surface area contributed by atoms with Gasteiger partial charge in [-0.25, -0.2) is 4.98 Å². The Bertz CT molecular complexity index is 724. The lowest BCUT2D eigenvalue weighted by Gasteiger charge is -2.26. The van der Waals surface area contributed by atoms with E-state index < -0.39 is 0 Å². The van der Waals surface area contributed by atoms with E-state index in [1.807, 2.05) is 18.3 Å². The van der Waals surface area contributed by atoms with Crippen LogP contribution in [0.2, 0.25) is 0 Å². The average molecular weight is 380 g/mol. The molecule has 1 fully saturated rings. The summed E-state index contributed by atoms with van der Waals surface area (Å²) in [6.45, 7) is 3.82. The molecule has 23 heavy (non-hydrogen) atoms. The second-order valence-corrected chi connectivity index (χ2v) is 6.26. The van der Waals surface area contributed by atoms with Crippen LogP contribution in [0.5, 0.6) is 0 Å². The molecule has 2 aromatic rings. The van der Waals surface area contributed by atoms with Crippen LogP contribution in [-0.2, 0) is 9.53 Å². The fraction of sp³-hybridized carbons (Fsp3) is 0.400. The zero-order valence-corrected chi connectivity index (χ0v) is 14.2. The predicted molar refractivity (Wildman–Crippen MR) is 89.7 cm³/mol. The molecular weight excluding hydrogens is 362 g/mol. The number of nitrogens with one attached hydrogen (secondary N) is 2. The van der Waals surface area contributed by atoms with E-state index in [-0.39, 0.29) is 11.7 Å². The highest BCUT2D eigenvalue weighted by molar-refractivity contribution is 9.10. The van der Waals surface area contributed by atoms with Crippen LogP contribution in [0.15, 0.2) is 29.0 Å². The van der Waals surface area contributed by atoms with E-state index in [2.05, 4.69) is 31.1 Å². The van der Waals surface area contributed by atoms with Crippen LogP contribution in [0.4, 0.5) is 0 Å². The number of pyridine rings is 1. The molecule has 2 N–H and O–H groups in total. The number of fused-ring (bicyclic) bond motifs is 1. The molecule has 1 saturated heterocycles. The molecular formula is C15H18BrN5O2. The van der Waals surface area contributed by atoms with Crippen LogP contribution in [0.25, 0.3) is 5.65 Å². The number of nitrogens with zero attached hydrogens (tertiary/aromatic N) is 3. The number of rotatable bonds is 4. The van der Waals surface area contributed by atoms with Crippen molar-refractivity contribution in [1.29, 1.82) is 5.41 Å². The Morgan fingerprint density at radius 2 is 2.17 bits per heavy atom. The number of halogens is 1. The number of ether oxygens (including phenoxy) is 1. The number of morpholine rings is 1. The molecule has 3 rings (SSSR count). The van der Waals surface area contributed by atoms with Crippen molar-refractivity contribution in [2.24, 2.45) is 0 Å². The Balaban J connectivity index is 1.59. The first-order valence-electron chi connectivity index (χ1n) is 7.45. The highest BCUT2D eigenvalue weighted by Crippen LogP contribution is 2.13. The first-order valence-corrected chi connectivity index (χ1v) is 8.24. The van der Waals surface area contributed by atoms with E-state index in [0.29, 0.717) is 31.9 Å². The van der Waals surface area contributed by atoms with E-state index in [1.54, 1.807) is 10.6 Å². The SMILES string of the molecule is N=C(NC(=O)CCN1CCOCC1)c1cnc2ccc(Br)cn12. The van der Waals surface area contributed by atoms with Crippen LogP contribution >= 0.6 is 15.9 Å². The smallest absolute Gasteiger partial charge is 0.226 e. The van der Waals surface area contributed by atoms with Gasteiger partial charge in [0.05, 0.1) is 19.4 Å². The lowest BCUT2D eigenvalue weighted by Crippen LogP contribution is -2.39. The minimum atomic E-state index is -0.161. The van der Waals surface area contributed by atoms with Crippen molar-refractivity contribution in [3.05, 3.63) is 34.7 Å². The fourth-order valence-electron chi connectivity index (χ4n) is 2.49. The third kappa shape index (κ3) is 3.95. The second-order valence-electron chi connectivity index (χ2n) is 5.35.